The SMILES string of the molecule is CCn1ncc2cc(-c3cc(CCC(=O)O)cc(N)c3OC3Cc4cccc(F)c4C3)ccc21. The third-order valence-corrected chi connectivity index (χ3v) is 6.44. The Morgan fingerprint density at radius 2 is 2.09 bits per heavy atom. The number of aromatic nitrogens is 2. The quantitative estimate of drug-likeness (QED) is 0.379. The number of nitrogens with zero attached hydrogens (tertiary/aromatic N) is 2. The van der Waals surface area contributed by atoms with Gasteiger partial charge in [-0.1, -0.05) is 18.2 Å². The molecular weight excluding hydrogens is 433 g/mol. The minimum absolute atomic E-state index is 0.0125. The number of carbonyl (C=O) groups is 1. The van der Waals surface area contributed by atoms with E-state index in [2.05, 4.69) is 5.10 Å². The Bertz CT molecular complexity index is 1400. The fourth-order valence-electron chi connectivity index (χ4n) is 4.78. The average Bonchev–Trinajstić information content (AvgIpc) is 3.43. The van der Waals surface area contributed by atoms with Crippen LogP contribution in [-0.2, 0) is 30.6 Å². The summed E-state index contributed by atoms with van der Waals surface area (Å²) in [6.07, 6.45) is 3.06. The van der Waals surface area contributed by atoms with Crippen LogP contribution < -0.4 is 10.5 Å². The van der Waals surface area contributed by atoms with E-state index in [0.29, 0.717) is 36.3 Å². The van der Waals surface area contributed by atoms with Crippen LogP contribution in [0.25, 0.3) is 22.0 Å². The van der Waals surface area contributed by atoms with Crippen LogP contribution in [0, 0.1) is 5.82 Å². The van der Waals surface area contributed by atoms with Gasteiger partial charge in [0, 0.05) is 36.8 Å². The molecule has 0 bridgehead atoms. The number of aliphatic carboxylic acids is 1. The highest BCUT2D eigenvalue weighted by Crippen LogP contribution is 2.40. The Labute approximate surface area is 196 Å². The highest BCUT2D eigenvalue weighted by molar-refractivity contribution is 5.88. The zero-order valence-electron chi connectivity index (χ0n) is 18.9. The second-order valence-electron chi connectivity index (χ2n) is 8.72. The number of benzene rings is 3. The van der Waals surface area contributed by atoms with Crippen molar-refractivity contribution >= 4 is 22.6 Å². The first-order chi connectivity index (χ1) is 16.4. The normalized spacial score (nSPS) is 14.9. The minimum Gasteiger partial charge on any atom is -0.487 e. The van der Waals surface area contributed by atoms with Crippen LogP contribution in [0.5, 0.6) is 5.75 Å². The van der Waals surface area contributed by atoms with Crippen LogP contribution in [0.2, 0.25) is 0 Å². The van der Waals surface area contributed by atoms with Gasteiger partial charge in [0.1, 0.15) is 17.7 Å². The Morgan fingerprint density at radius 1 is 1.24 bits per heavy atom. The Balaban J connectivity index is 1.54. The lowest BCUT2D eigenvalue weighted by Gasteiger charge is -2.20. The summed E-state index contributed by atoms with van der Waals surface area (Å²) in [5, 5.41) is 14.6. The van der Waals surface area contributed by atoms with E-state index in [0.717, 1.165) is 39.7 Å². The molecule has 0 saturated heterocycles. The average molecular weight is 460 g/mol. The van der Waals surface area contributed by atoms with Gasteiger partial charge >= 0.3 is 5.97 Å². The number of hydrogen-bond donors (Lipinski definition) is 2. The van der Waals surface area contributed by atoms with E-state index in [1.165, 1.54) is 6.07 Å². The monoisotopic (exact) mass is 459 g/mol. The van der Waals surface area contributed by atoms with Gasteiger partial charge < -0.3 is 15.6 Å². The minimum atomic E-state index is -0.861. The van der Waals surface area contributed by atoms with Gasteiger partial charge in [0.2, 0.25) is 0 Å². The molecule has 0 amide bonds. The second-order valence-corrected chi connectivity index (χ2v) is 8.72. The molecule has 1 heterocycles. The van der Waals surface area contributed by atoms with Crippen molar-refractivity contribution in [3.63, 3.8) is 0 Å². The number of halogens is 1. The highest BCUT2D eigenvalue weighted by atomic mass is 19.1. The third kappa shape index (κ3) is 4.09. The molecule has 0 aliphatic heterocycles. The van der Waals surface area contributed by atoms with E-state index in [1.807, 2.05) is 48.1 Å². The van der Waals surface area contributed by atoms with Crippen molar-refractivity contribution < 1.29 is 19.0 Å². The second kappa shape index (κ2) is 8.82. The first kappa shape index (κ1) is 21.9. The van der Waals surface area contributed by atoms with Crippen molar-refractivity contribution in [2.75, 3.05) is 5.73 Å². The molecule has 6 nitrogen and oxygen atoms in total. The molecule has 174 valence electrons. The predicted octanol–water partition coefficient (Wildman–Crippen LogP) is 5.01. The lowest BCUT2D eigenvalue weighted by atomic mass is 9.97. The zero-order chi connectivity index (χ0) is 23.8. The number of anilines is 1. The van der Waals surface area contributed by atoms with Gasteiger partial charge in [-0.3, -0.25) is 9.48 Å². The first-order valence-corrected chi connectivity index (χ1v) is 11.5. The summed E-state index contributed by atoms with van der Waals surface area (Å²) in [6, 6.07) is 14.9. The molecule has 1 aromatic heterocycles. The Hall–Kier alpha value is -3.87. The van der Waals surface area contributed by atoms with Gasteiger partial charge in [0.25, 0.3) is 0 Å². The van der Waals surface area contributed by atoms with Crippen LogP contribution in [0.3, 0.4) is 0 Å². The van der Waals surface area contributed by atoms with E-state index in [9.17, 15) is 9.18 Å². The Kier molecular flexibility index (Phi) is 5.69. The Morgan fingerprint density at radius 3 is 2.85 bits per heavy atom. The van der Waals surface area contributed by atoms with E-state index < -0.39 is 5.97 Å². The van der Waals surface area contributed by atoms with Crippen molar-refractivity contribution in [2.24, 2.45) is 0 Å². The van der Waals surface area contributed by atoms with Crippen molar-refractivity contribution in [1.29, 1.82) is 0 Å². The van der Waals surface area contributed by atoms with E-state index in [1.54, 1.807) is 12.1 Å². The molecule has 0 fully saturated rings. The largest absolute Gasteiger partial charge is 0.487 e. The maximum atomic E-state index is 14.3. The smallest absolute Gasteiger partial charge is 0.303 e. The van der Waals surface area contributed by atoms with Crippen molar-refractivity contribution in [1.82, 2.24) is 9.78 Å². The molecule has 0 radical (unpaired) electrons. The number of carboxylic acid groups (broad SMARTS) is 1. The number of aryl methyl sites for hydroxylation is 2. The predicted molar refractivity (Wildman–Crippen MR) is 129 cm³/mol. The molecule has 0 spiro atoms. The highest BCUT2D eigenvalue weighted by Gasteiger charge is 2.27. The maximum Gasteiger partial charge on any atom is 0.303 e. The van der Waals surface area contributed by atoms with Gasteiger partial charge in [-0.25, -0.2) is 4.39 Å². The van der Waals surface area contributed by atoms with Crippen molar-refractivity contribution in [3.05, 3.63) is 77.2 Å². The fourth-order valence-corrected chi connectivity index (χ4v) is 4.78. The summed E-state index contributed by atoms with van der Waals surface area (Å²) in [7, 11) is 0. The molecule has 1 aliphatic carbocycles. The molecule has 1 atom stereocenters. The van der Waals surface area contributed by atoms with Crippen molar-refractivity contribution in [3.8, 4) is 16.9 Å². The standard InChI is InChI=1S/C27H26FN3O3/c1-2-31-25-8-7-18(12-19(25)15-30-31)22-10-16(6-9-26(32)33)11-24(29)27(22)34-20-13-17-4-3-5-23(28)21(17)14-20/h3-5,7-8,10-12,15,20H,2,6,9,13-14,29H2,1H3,(H,32,33). The van der Waals surface area contributed by atoms with Crippen LogP contribution in [0.15, 0.2) is 54.7 Å². The summed E-state index contributed by atoms with van der Waals surface area (Å²) in [6.45, 7) is 2.81. The first-order valence-electron chi connectivity index (χ1n) is 11.5. The topological polar surface area (TPSA) is 90.4 Å². The van der Waals surface area contributed by atoms with Gasteiger partial charge in [0.05, 0.1) is 17.4 Å². The third-order valence-electron chi connectivity index (χ3n) is 6.44. The number of nitrogens with two attached hydrogens (primary N) is 1. The number of ether oxygens (including phenoxy) is 1. The molecule has 3 aromatic carbocycles. The molecule has 1 unspecified atom stereocenters. The van der Waals surface area contributed by atoms with Gasteiger partial charge in [-0.05, 0) is 65.9 Å². The molecule has 4 aromatic rings. The number of hydrogen-bond acceptors (Lipinski definition) is 4. The van der Waals surface area contributed by atoms with Gasteiger partial charge in [-0.15, -0.1) is 0 Å². The molecule has 34 heavy (non-hydrogen) atoms. The number of carboxylic acids is 1. The number of nitrogen functional groups attached to an aromatic ring is 1. The van der Waals surface area contributed by atoms with Crippen LogP contribution in [0.4, 0.5) is 10.1 Å². The summed E-state index contributed by atoms with van der Waals surface area (Å²) < 4.78 is 22.6. The molecular formula is C27H26FN3O3. The number of fused-ring (bicyclic) bond motifs is 2. The van der Waals surface area contributed by atoms with E-state index in [4.69, 9.17) is 15.6 Å². The summed E-state index contributed by atoms with van der Waals surface area (Å²) >= 11 is 0. The van der Waals surface area contributed by atoms with Gasteiger partial charge in [0.15, 0.2) is 0 Å². The molecule has 3 N–H and O–H groups in total. The van der Waals surface area contributed by atoms with Crippen LogP contribution in [-0.4, -0.2) is 27.0 Å². The van der Waals surface area contributed by atoms with E-state index >= 15 is 0 Å². The van der Waals surface area contributed by atoms with Crippen LogP contribution >= 0.6 is 0 Å². The summed E-state index contributed by atoms with van der Waals surface area (Å²) in [4.78, 5) is 11.1. The van der Waals surface area contributed by atoms with Crippen molar-refractivity contribution in [2.45, 2.75) is 45.3 Å². The molecule has 7 heteroatoms. The van der Waals surface area contributed by atoms with Gasteiger partial charge in [-0.2, -0.15) is 5.10 Å². The molecule has 0 saturated carbocycles. The van der Waals surface area contributed by atoms with Crippen LogP contribution in [0.1, 0.15) is 30.0 Å². The molecule has 1 aliphatic rings. The van der Waals surface area contributed by atoms with E-state index in [-0.39, 0.29) is 18.3 Å². The number of rotatable bonds is 7. The maximum absolute atomic E-state index is 14.3. The lowest BCUT2D eigenvalue weighted by molar-refractivity contribution is -0.136. The zero-order valence-corrected chi connectivity index (χ0v) is 18.9. The summed E-state index contributed by atoms with van der Waals surface area (Å²) in [5.74, 6) is -0.529. The molecule has 5 rings (SSSR count). The fraction of sp³-hybridized carbons (Fsp3) is 0.259. The lowest BCUT2D eigenvalue weighted by Crippen LogP contribution is -2.18. The summed E-state index contributed by atoms with van der Waals surface area (Å²) in [5.41, 5.74) is 12.1.